The van der Waals surface area contributed by atoms with Gasteiger partial charge < -0.3 is 20.3 Å². The van der Waals surface area contributed by atoms with Gasteiger partial charge in [-0.15, -0.1) is 0 Å². The molecule has 2 N–H and O–H groups in total. The van der Waals surface area contributed by atoms with Crippen molar-refractivity contribution in [3.63, 3.8) is 0 Å². The minimum Gasteiger partial charge on any atom is -0.385 e. The molecule has 0 aromatic heterocycles. The Bertz CT molecular complexity index is 695. The third-order valence-electron chi connectivity index (χ3n) is 4.37. The van der Waals surface area contributed by atoms with Gasteiger partial charge >= 0.3 is 0 Å². The average molecular weight is 423 g/mol. The van der Waals surface area contributed by atoms with E-state index in [1.807, 2.05) is 16.7 Å². The molecule has 1 aliphatic heterocycles. The van der Waals surface area contributed by atoms with E-state index in [0.29, 0.717) is 24.4 Å². The van der Waals surface area contributed by atoms with Gasteiger partial charge in [0.05, 0.1) is 13.1 Å². The molecule has 0 bridgehead atoms. The van der Waals surface area contributed by atoms with Crippen LogP contribution in [0.2, 0.25) is 0 Å². The molecular formula is C20H30N4O4S. The summed E-state index contributed by atoms with van der Waals surface area (Å²) in [4.78, 5) is 40.2. The molecule has 0 atom stereocenters. The molecule has 8 nitrogen and oxygen atoms in total. The third-order valence-corrected chi connectivity index (χ3v) is 5.31. The molecule has 0 unspecified atom stereocenters. The quantitative estimate of drug-likeness (QED) is 0.545. The number of hydrogen-bond donors (Lipinski definition) is 2. The molecule has 0 spiro atoms. The highest BCUT2D eigenvalue weighted by atomic mass is 32.2. The van der Waals surface area contributed by atoms with Crippen LogP contribution in [0.4, 0.5) is 5.69 Å². The maximum atomic E-state index is 12.6. The molecule has 1 heterocycles. The van der Waals surface area contributed by atoms with E-state index in [2.05, 4.69) is 10.6 Å². The highest BCUT2D eigenvalue weighted by Crippen LogP contribution is 2.16. The van der Waals surface area contributed by atoms with Crippen LogP contribution in [-0.4, -0.2) is 92.5 Å². The predicted molar refractivity (Wildman–Crippen MR) is 115 cm³/mol. The second-order valence-corrected chi connectivity index (χ2v) is 8.13. The van der Waals surface area contributed by atoms with E-state index in [9.17, 15) is 14.4 Å². The van der Waals surface area contributed by atoms with Gasteiger partial charge in [-0.2, -0.15) is 11.8 Å². The number of likely N-dealkylation sites (N-methyl/N-ethyl adjacent to an activating group) is 1. The molecule has 160 valence electrons. The molecule has 1 aliphatic rings. The molecular weight excluding hydrogens is 392 g/mol. The zero-order valence-electron chi connectivity index (χ0n) is 17.1. The summed E-state index contributed by atoms with van der Waals surface area (Å²) in [5.74, 6) is 1.52. The van der Waals surface area contributed by atoms with Crippen LogP contribution in [-0.2, 0) is 14.3 Å². The Labute approximate surface area is 176 Å². The summed E-state index contributed by atoms with van der Waals surface area (Å²) >= 11 is 1.85. The van der Waals surface area contributed by atoms with Gasteiger partial charge in [-0.3, -0.25) is 19.3 Å². The fourth-order valence-electron chi connectivity index (χ4n) is 2.93. The molecule has 0 saturated carbocycles. The van der Waals surface area contributed by atoms with E-state index in [4.69, 9.17) is 4.74 Å². The van der Waals surface area contributed by atoms with Crippen molar-refractivity contribution in [1.29, 1.82) is 0 Å². The van der Waals surface area contributed by atoms with Gasteiger partial charge in [0.1, 0.15) is 0 Å². The average Bonchev–Trinajstić information content (AvgIpc) is 2.71. The predicted octanol–water partition coefficient (Wildman–Crippen LogP) is 0.899. The van der Waals surface area contributed by atoms with Gasteiger partial charge in [0.25, 0.3) is 5.91 Å². The van der Waals surface area contributed by atoms with Crippen LogP contribution < -0.4 is 10.6 Å². The van der Waals surface area contributed by atoms with Crippen LogP contribution >= 0.6 is 11.8 Å². The molecule has 0 aliphatic carbocycles. The lowest BCUT2D eigenvalue weighted by atomic mass is 10.1. The van der Waals surface area contributed by atoms with Crippen molar-refractivity contribution < 1.29 is 19.1 Å². The van der Waals surface area contributed by atoms with Crippen molar-refractivity contribution in [1.82, 2.24) is 15.1 Å². The van der Waals surface area contributed by atoms with Crippen LogP contribution in [0.1, 0.15) is 16.8 Å². The number of benzene rings is 1. The number of anilines is 1. The summed E-state index contributed by atoms with van der Waals surface area (Å²) in [5, 5.41) is 5.59. The lowest BCUT2D eigenvalue weighted by Crippen LogP contribution is -2.39. The van der Waals surface area contributed by atoms with E-state index in [1.165, 1.54) is 0 Å². The Morgan fingerprint density at radius 3 is 2.62 bits per heavy atom. The highest BCUT2D eigenvalue weighted by Gasteiger charge is 2.19. The summed E-state index contributed by atoms with van der Waals surface area (Å²) in [5.41, 5.74) is 1.14. The largest absolute Gasteiger partial charge is 0.385 e. The van der Waals surface area contributed by atoms with Gasteiger partial charge in [-0.25, -0.2) is 0 Å². The number of rotatable bonds is 10. The Kier molecular flexibility index (Phi) is 9.96. The zero-order chi connectivity index (χ0) is 21.1. The first-order chi connectivity index (χ1) is 14.0. The van der Waals surface area contributed by atoms with E-state index in [-0.39, 0.29) is 30.8 Å². The molecule has 29 heavy (non-hydrogen) atoms. The molecule has 3 amide bonds. The molecule has 1 saturated heterocycles. The van der Waals surface area contributed by atoms with Crippen LogP contribution in [0, 0.1) is 0 Å². The third kappa shape index (κ3) is 8.43. The number of carbonyl (C=O) groups excluding carboxylic acids is 3. The van der Waals surface area contributed by atoms with Crippen molar-refractivity contribution >= 4 is 35.2 Å². The first-order valence-corrected chi connectivity index (χ1v) is 10.9. The van der Waals surface area contributed by atoms with Crippen LogP contribution in [0.25, 0.3) is 0 Å². The number of nitrogens with zero attached hydrogens (tertiary/aromatic N) is 2. The number of ether oxygens (including phenoxy) is 1. The molecule has 0 radical (unpaired) electrons. The lowest BCUT2D eigenvalue weighted by molar-refractivity contribution is -0.123. The number of amides is 3. The number of hydrogen-bond acceptors (Lipinski definition) is 6. The monoisotopic (exact) mass is 422 g/mol. The number of methoxy groups -OCH3 is 1. The van der Waals surface area contributed by atoms with Crippen LogP contribution in [0.5, 0.6) is 0 Å². The number of nitrogens with one attached hydrogen (secondary N) is 2. The molecule has 2 rings (SSSR count). The summed E-state index contributed by atoms with van der Waals surface area (Å²) in [7, 11) is 3.33. The highest BCUT2D eigenvalue weighted by molar-refractivity contribution is 7.99. The summed E-state index contributed by atoms with van der Waals surface area (Å²) in [6.07, 6.45) is 0.748. The minimum absolute atomic E-state index is 0.0105. The van der Waals surface area contributed by atoms with Crippen molar-refractivity contribution in [3.8, 4) is 0 Å². The maximum Gasteiger partial charge on any atom is 0.253 e. The standard InChI is InChI=1S/C20H30N4O4S/c1-23(14-18(25)21-7-4-10-28-2)15-19(26)22-17-6-3-5-16(13-17)20(27)24-8-11-29-12-9-24/h3,5-6,13H,4,7-12,14-15H2,1-2H3,(H,21,25)(H,22,26). The molecule has 1 aromatic rings. The summed E-state index contributed by atoms with van der Waals surface area (Å²) in [6, 6.07) is 6.98. The second-order valence-electron chi connectivity index (χ2n) is 6.90. The topological polar surface area (TPSA) is 91.0 Å². The zero-order valence-corrected chi connectivity index (χ0v) is 17.9. The van der Waals surface area contributed by atoms with Gasteiger partial charge in [-0.05, 0) is 31.7 Å². The SMILES string of the molecule is COCCCNC(=O)CN(C)CC(=O)Nc1cccc(C(=O)N2CCSCC2)c1. The van der Waals surface area contributed by atoms with E-state index in [1.54, 1.807) is 43.3 Å². The molecule has 9 heteroatoms. The van der Waals surface area contributed by atoms with Crippen molar-refractivity contribution in [2.24, 2.45) is 0 Å². The number of thioether (sulfide) groups is 1. The molecule has 1 fully saturated rings. The fourth-order valence-corrected chi connectivity index (χ4v) is 3.83. The lowest BCUT2D eigenvalue weighted by Gasteiger charge is -2.26. The Balaban J connectivity index is 1.79. The van der Waals surface area contributed by atoms with Gasteiger partial charge in [0.15, 0.2) is 0 Å². The van der Waals surface area contributed by atoms with Gasteiger partial charge in [0, 0.05) is 56.1 Å². The second kappa shape index (κ2) is 12.5. The maximum absolute atomic E-state index is 12.6. The first kappa shape index (κ1) is 23.2. The Hall–Kier alpha value is -2.10. The van der Waals surface area contributed by atoms with Crippen molar-refractivity contribution in [2.45, 2.75) is 6.42 Å². The fraction of sp³-hybridized carbons (Fsp3) is 0.550. The number of carbonyl (C=O) groups is 3. The summed E-state index contributed by atoms with van der Waals surface area (Å²) < 4.78 is 4.93. The smallest absolute Gasteiger partial charge is 0.253 e. The van der Waals surface area contributed by atoms with Crippen molar-refractivity contribution in [3.05, 3.63) is 29.8 Å². The van der Waals surface area contributed by atoms with Crippen LogP contribution in [0.3, 0.4) is 0 Å². The summed E-state index contributed by atoms with van der Waals surface area (Å²) in [6.45, 7) is 2.84. The molecule has 1 aromatic carbocycles. The normalized spacial score (nSPS) is 14.0. The minimum atomic E-state index is -0.237. The van der Waals surface area contributed by atoms with Crippen molar-refractivity contribution in [2.75, 3.05) is 70.3 Å². The van der Waals surface area contributed by atoms with Crippen LogP contribution in [0.15, 0.2) is 24.3 Å². The van der Waals surface area contributed by atoms with E-state index < -0.39 is 0 Å². The van der Waals surface area contributed by atoms with Gasteiger partial charge in [-0.1, -0.05) is 6.07 Å². The van der Waals surface area contributed by atoms with E-state index in [0.717, 1.165) is 31.0 Å². The Morgan fingerprint density at radius 1 is 1.17 bits per heavy atom. The Morgan fingerprint density at radius 2 is 1.90 bits per heavy atom. The first-order valence-electron chi connectivity index (χ1n) is 9.70. The van der Waals surface area contributed by atoms with E-state index >= 15 is 0 Å². The van der Waals surface area contributed by atoms with Gasteiger partial charge in [0.2, 0.25) is 11.8 Å².